The number of amides is 2. The van der Waals surface area contributed by atoms with E-state index >= 15 is 0 Å². The third-order valence-corrected chi connectivity index (χ3v) is 4.78. The predicted octanol–water partition coefficient (Wildman–Crippen LogP) is 4.37. The zero-order valence-corrected chi connectivity index (χ0v) is 15.0. The summed E-state index contributed by atoms with van der Waals surface area (Å²) >= 11 is 0. The normalized spacial score (nSPS) is 14.6. The van der Waals surface area contributed by atoms with Crippen LogP contribution in [-0.4, -0.2) is 41.6 Å². The molecule has 0 atom stereocenters. The Bertz CT molecular complexity index is 615. The van der Waals surface area contributed by atoms with Gasteiger partial charge in [0, 0.05) is 19.6 Å². The van der Waals surface area contributed by atoms with Gasteiger partial charge >= 0.3 is 12.0 Å². The van der Waals surface area contributed by atoms with Gasteiger partial charge in [0.1, 0.15) is 5.82 Å². The van der Waals surface area contributed by atoms with Crippen molar-refractivity contribution in [3.05, 3.63) is 29.6 Å². The molecule has 138 valence electrons. The summed E-state index contributed by atoms with van der Waals surface area (Å²) in [6.45, 7) is 6.04. The number of halogens is 1. The second kappa shape index (κ2) is 8.83. The Hall–Kier alpha value is -2.11. The van der Waals surface area contributed by atoms with Crippen molar-refractivity contribution in [3.8, 4) is 0 Å². The van der Waals surface area contributed by atoms with Crippen LogP contribution in [0.2, 0.25) is 0 Å². The van der Waals surface area contributed by atoms with Crippen LogP contribution in [0.4, 0.5) is 14.9 Å². The SMILES string of the molecule is CCCC(CCC)CCN1CCN(c2ccc(C(=O)O)cc2F)C1=O. The first kappa shape index (κ1) is 19.2. The number of aromatic carboxylic acids is 1. The highest BCUT2D eigenvalue weighted by molar-refractivity contribution is 5.95. The zero-order chi connectivity index (χ0) is 18.4. The maximum absolute atomic E-state index is 14.2. The minimum absolute atomic E-state index is 0.119. The Balaban J connectivity index is 2.00. The van der Waals surface area contributed by atoms with Crippen molar-refractivity contribution in [2.24, 2.45) is 5.92 Å². The number of rotatable bonds is 9. The molecular weight excluding hydrogens is 323 g/mol. The topological polar surface area (TPSA) is 60.9 Å². The van der Waals surface area contributed by atoms with Gasteiger partial charge in [-0.05, 0) is 30.5 Å². The Morgan fingerprint density at radius 3 is 2.44 bits per heavy atom. The monoisotopic (exact) mass is 350 g/mol. The highest BCUT2D eigenvalue weighted by atomic mass is 19.1. The first-order valence-electron chi connectivity index (χ1n) is 9.07. The Morgan fingerprint density at radius 2 is 1.88 bits per heavy atom. The van der Waals surface area contributed by atoms with E-state index in [2.05, 4.69) is 13.8 Å². The largest absolute Gasteiger partial charge is 0.478 e. The second-order valence-electron chi connectivity index (χ2n) is 6.62. The van der Waals surface area contributed by atoms with E-state index < -0.39 is 11.8 Å². The van der Waals surface area contributed by atoms with E-state index in [1.54, 1.807) is 4.90 Å². The molecule has 6 heteroatoms. The number of carboxylic acid groups (broad SMARTS) is 1. The average molecular weight is 350 g/mol. The molecule has 1 heterocycles. The molecule has 0 bridgehead atoms. The molecule has 2 rings (SSSR count). The number of benzene rings is 1. The van der Waals surface area contributed by atoms with Crippen LogP contribution in [-0.2, 0) is 0 Å². The van der Waals surface area contributed by atoms with E-state index in [9.17, 15) is 14.0 Å². The molecule has 0 saturated carbocycles. The molecule has 0 aromatic heterocycles. The van der Waals surface area contributed by atoms with Crippen LogP contribution in [0.1, 0.15) is 56.3 Å². The number of carboxylic acids is 1. The lowest BCUT2D eigenvalue weighted by molar-refractivity contribution is 0.0696. The molecule has 1 aromatic carbocycles. The summed E-state index contributed by atoms with van der Waals surface area (Å²) in [5, 5.41) is 8.91. The minimum Gasteiger partial charge on any atom is -0.478 e. The predicted molar refractivity (Wildman–Crippen MR) is 95.6 cm³/mol. The van der Waals surface area contributed by atoms with Gasteiger partial charge in [0.25, 0.3) is 0 Å². The molecule has 1 N–H and O–H groups in total. The molecule has 0 spiro atoms. The van der Waals surface area contributed by atoms with E-state index in [-0.39, 0.29) is 17.3 Å². The fourth-order valence-electron chi connectivity index (χ4n) is 3.46. The molecular formula is C19H27FN2O3. The van der Waals surface area contributed by atoms with Gasteiger partial charge in [-0.3, -0.25) is 4.90 Å². The highest BCUT2D eigenvalue weighted by Crippen LogP contribution is 2.26. The van der Waals surface area contributed by atoms with E-state index in [4.69, 9.17) is 5.11 Å². The molecule has 0 unspecified atom stereocenters. The maximum Gasteiger partial charge on any atom is 0.335 e. The lowest BCUT2D eigenvalue weighted by Crippen LogP contribution is -2.33. The summed E-state index contributed by atoms with van der Waals surface area (Å²) in [6, 6.07) is 3.46. The number of carbonyl (C=O) groups excluding carboxylic acids is 1. The van der Waals surface area contributed by atoms with Gasteiger partial charge in [-0.15, -0.1) is 0 Å². The third kappa shape index (κ3) is 4.71. The van der Waals surface area contributed by atoms with Crippen molar-refractivity contribution < 1.29 is 19.1 Å². The van der Waals surface area contributed by atoms with Crippen LogP contribution in [0, 0.1) is 11.7 Å². The van der Waals surface area contributed by atoms with Gasteiger partial charge in [0.05, 0.1) is 11.3 Å². The van der Waals surface area contributed by atoms with Gasteiger partial charge in [-0.2, -0.15) is 0 Å². The summed E-state index contributed by atoms with van der Waals surface area (Å²) < 4.78 is 14.2. The molecule has 0 aliphatic carbocycles. The lowest BCUT2D eigenvalue weighted by Gasteiger charge is -2.22. The quantitative estimate of drug-likeness (QED) is 0.719. The van der Waals surface area contributed by atoms with Gasteiger partial charge in [0.15, 0.2) is 0 Å². The molecule has 25 heavy (non-hydrogen) atoms. The molecule has 1 aliphatic rings. The number of nitrogens with zero attached hydrogens (tertiary/aromatic N) is 2. The summed E-state index contributed by atoms with van der Waals surface area (Å²) in [7, 11) is 0. The van der Waals surface area contributed by atoms with Crippen LogP contribution in [0.3, 0.4) is 0 Å². The third-order valence-electron chi connectivity index (χ3n) is 4.78. The van der Waals surface area contributed by atoms with Crippen LogP contribution < -0.4 is 4.90 Å². The first-order valence-corrected chi connectivity index (χ1v) is 9.07. The number of carbonyl (C=O) groups is 2. The lowest BCUT2D eigenvalue weighted by atomic mass is 9.95. The van der Waals surface area contributed by atoms with Crippen LogP contribution >= 0.6 is 0 Å². The highest BCUT2D eigenvalue weighted by Gasteiger charge is 2.31. The van der Waals surface area contributed by atoms with Crippen molar-refractivity contribution in [1.29, 1.82) is 0 Å². The fourth-order valence-corrected chi connectivity index (χ4v) is 3.46. The van der Waals surface area contributed by atoms with Crippen molar-refractivity contribution in [2.75, 3.05) is 24.5 Å². The molecule has 1 saturated heterocycles. The summed E-state index contributed by atoms with van der Waals surface area (Å²) in [6.07, 6.45) is 5.61. The summed E-state index contributed by atoms with van der Waals surface area (Å²) in [5.41, 5.74) is 0.0305. The summed E-state index contributed by atoms with van der Waals surface area (Å²) in [5.74, 6) is -1.23. The van der Waals surface area contributed by atoms with E-state index in [0.29, 0.717) is 25.6 Å². The molecule has 5 nitrogen and oxygen atoms in total. The average Bonchev–Trinajstić information content (AvgIpc) is 2.93. The Morgan fingerprint density at radius 1 is 1.20 bits per heavy atom. The standard InChI is InChI=1S/C19H27FN2O3/c1-3-5-14(6-4-2)9-10-21-11-12-22(19(21)25)17-8-7-15(18(23)24)13-16(17)20/h7-8,13-14H,3-6,9-12H2,1-2H3,(H,23,24). The van der Waals surface area contributed by atoms with Gasteiger partial charge in [-0.25, -0.2) is 14.0 Å². The van der Waals surface area contributed by atoms with Gasteiger partial charge < -0.3 is 10.0 Å². The van der Waals surface area contributed by atoms with Crippen molar-refractivity contribution in [3.63, 3.8) is 0 Å². The number of hydrogen-bond donors (Lipinski definition) is 1. The minimum atomic E-state index is -1.18. The molecule has 1 aliphatic heterocycles. The van der Waals surface area contributed by atoms with Crippen LogP contribution in [0.5, 0.6) is 0 Å². The molecule has 2 amide bonds. The van der Waals surface area contributed by atoms with Crippen LogP contribution in [0.15, 0.2) is 18.2 Å². The summed E-state index contributed by atoms with van der Waals surface area (Å²) in [4.78, 5) is 26.6. The fraction of sp³-hybridized carbons (Fsp3) is 0.579. The number of anilines is 1. The van der Waals surface area contributed by atoms with E-state index in [0.717, 1.165) is 25.3 Å². The van der Waals surface area contributed by atoms with Crippen molar-refractivity contribution in [2.45, 2.75) is 46.0 Å². The van der Waals surface area contributed by atoms with Crippen molar-refractivity contribution in [1.82, 2.24) is 4.90 Å². The van der Waals surface area contributed by atoms with Crippen LogP contribution in [0.25, 0.3) is 0 Å². The van der Waals surface area contributed by atoms with E-state index in [1.807, 2.05) is 0 Å². The number of urea groups is 1. The number of hydrogen-bond acceptors (Lipinski definition) is 2. The van der Waals surface area contributed by atoms with Gasteiger partial charge in [-0.1, -0.05) is 39.5 Å². The van der Waals surface area contributed by atoms with E-state index in [1.165, 1.54) is 29.9 Å². The smallest absolute Gasteiger partial charge is 0.335 e. The molecule has 0 radical (unpaired) electrons. The zero-order valence-electron chi connectivity index (χ0n) is 15.0. The van der Waals surface area contributed by atoms with Gasteiger partial charge in [0.2, 0.25) is 0 Å². The first-order chi connectivity index (χ1) is 12.0. The second-order valence-corrected chi connectivity index (χ2v) is 6.62. The Kier molecular flexibility index (Phi) is 6.79. The molecule has 1 aromatic rings. The van der Waals surface area contributed by atoms with Crippen molar-refractivity contribution >= 4 is 17.7 Å². The Labute approximate surface area is 148 Å². The maximum atomic E-state index is 14.2. The molecule has 1 fully saturated rings.